The molecule has 5 atom stereocenters. The molecule has 5 amide bonds. The number of amides is 5. The van der Waals surface area contributed by atoms with E-state index >= 15 is 0 Å². The van der Waals surface area contributed by atoms with Gasteiger partial charge in [-0.2, -0.15) is 0 Å². The molecule has 4 N–H and O–H groups in total. The lowest BCUT2D eigenvalue weighted by Gasteiger charge is -2.28. The molecule has 15 heteroatoms. The van der Waals surface area contributed by atoms with E-state index in [-0.39, 0.29) is 68.0 Å². The minimum absolute atomic E-state index is 0.0905. The van der Waals surface area contributed by atoms with Crippen molar-refractivity contribution in [1.82, 2.24) is 31.3 Å². The van der Waals surface area contributed by atoms with Crippen molar-refractivity contribution in [2.24, 2.45) is 11.8 Å². The summed E-state index contributed by atoms with van der Waals surface area (Å²) in [6.45, 7) is 9.73. The largest absolute Gasteiger partial charge is 0.441 e. The standard InChI is InChI=1S/C44H60N6O9/c1-28(2)18-20-35(41(54)48-37(23-31-16-12-9-13-17-31)42(55)47-36(22-29(3)4)39(52)44(5)27-58-44)46-40(53)34(21-19-30-14-10-8-11-15-30)45-38(51)25-32-24-33(59-49-32)26-57-43(56)50(6)7/h8-17,24,28-29,34-37H,18-23,25-27H2,1-7H3,(H,45,51)(H,46,53)(H,47,55)(H,48,54)/t34-,35-,36-,37-,44+/m0/s1. The number of nitrogens with one attached hydrogen (secondary N) is 4. The minimum atomic E-state index is -1.08. The van der Waals surface area contributed by atoms with Gasteiger partial charge in [-0.3, -0.25) is 24.0 Å². The van der Waals surface area contributed by atoms with Crippen molar-refractivity contribution in [2.75, 3.05) is 20.7 Å². The summed E-state index contributed by atoms with van der Waals surface area (Å²) >= 11 is 0. The Morgan fingerprint density at radius 3 is 1.88 bits per heavy atom. The second-order valence-corrected chi connectivity index (χ2v) is 16.4. The van der Waals surface area contributed by atoms with E-state index in [0.717, 1.165) is 11.1 Å². The SMILES string of the molecule is CC(C)CC[C@H](NC(=O)[C@H](CCc1ccccc1)NC(=O)Cc1cc(COC(=O)N(C)C)on1)C(=O)N[C@@H](Cc1ccccc1)C(=O)N[C@@H](CC(C)C)C(=O)[C@@]1(C)CO1. The van der Waals surface area contributed by atoms with E-state index in [0.29, 0.717) is 19.3 Å². The van der Waals surface area contributed by atoms with Crippen molar-refractivity contribution in [3.05, 3.63) is 89.3 Å². The van der Waals surface area contributed by atoms with E-state index in [4.69, 9.17) is 14.0 Å². The molecule has 1 fully saturated rings. The van der Waals surface area contributed by atoms with E-state index in [1.807, 2.05) is 88.4 Å². The third-order valence-electron chi connectivity index (χ3n) is 9.89. The Bertz CT molecular complexity index is 1860. The number of hydrogen-bond acceptors (Lipinski definition) is 10. The second-order valence-electron chi connectivity index (χ2n) is 16.4. The molecule has 0 unspecified atom stereocenters. The van der Waals surface area contributed by atoms with Crippen LogP contribution in [0.5, 0.6) is 0 Å². The number of aromatic nitrogens is 1. The number of ketones is 1. The first-order chi connectivity index (χ1) is 28.0. The van der Waals surface area contributed by atoms with Gasteiger partial charge >= 0.3 is 6.09 Å². The number of benzene rings is 2. The molecule has 1 aliphatic heterocycles. The first-order valence-electron chi connectivity index (χ1n) is 20.3. The summed E-state index contributed by atoms with van der Waals surface area (Å²) in [4.78, 5) is 82.3. The van der Waals surface area contributed by atoms with Crippen LogP contribution in [0.15, 0.2) is 71.3 Å². The summed E-state index contributed by atoms with van der Waals surface area (Å²) in [5, 5.41) is 15.4. The Morgan fingerprint density at radius 1 is 0.746 bits per heavy atom. The highest BCUT2D eigenvalue weighted by molar-refractivity contribution is 5.98. The molecule has 1 aliphatic rings. The highest BCUT2D eigenvalue weighted by atomic mass is 16.6. The van der Waals surface area contributed by atoms with Gasteiger partial charge in [0.1, 0.15) is 23.7 Å². The van der Waals surface area contributed by atoms with Crippen molar-refractivity contribution in [1.29, 1.82) is 0 Å². The molecule has 1 aromatic heterocycles. The van der Waals surface area contributed by atoms with Gasteiger partial charge < -0.3 is 40.2 Å². The smallest absolute Gasteiger partial charge is 0.409 e. The zero-order valence-corrected chi connectivity index (χ0v) is 35.2. The first-order valence-corrected chi connectivity index (χ1v) is 20.3. The number of nitrogens with zero attached hydrogens (tertiary/aromatic N) is 2. The van der Waals surface area contributed by atoms with Gasteiger partial charge in [-0.1, -0.05) is 93.5 Å². The number of carbonyl (C=O) groups is 6. The summed E-state index contributed by atoms with van der Waals surface area (Å²) in [6.07, 6.45) is 1.25. The van der Waals surface area contributed by atoms with Gasteiger partial charge in [0.05, 0.1) is 24.8 Å². The van der Waals surface area contributed by atoms with Gasteiger partial charge in [-0.05, 0) is 62.0 Å². The Labute approximate surface area is 346 Å². The molecule has 59 heavy (non-hydrogen) atoms. The molecule has 1 saturated heterocycles. The highest BCUT2D eigenvalue weighted by Gasteiger charge is 2.50. The maximum absolute atomic E-state index is 14.2. The van der Waals surface area contributed by atoms with E-state index in [1.165, 1.54) is 11.0 Å². The molecule has 4 rings (SSSR count). The van der Waals surface area contributed by atoms with E-state index in [1.54, 1.807) is 21.0 Å². The predicted molar refractivity (Wildman–Crippen MR) is 220 cm³/mol. The summed E-state index contributed by atoms with van der Waals surface area (Å²) in [6, 6.07) is 16.2. The summed E-state index contributed by atoms with van der Waals surface area (Å²) in [5.74, 6) is -1.88. The molecule has 0 bridgehead atoms. The summed E-state index contributed by atoms with van der Waals surface area (Å²) < 4.78 is 15.8. The molecule has 2 aromatic carbocycles. The molecule has 0 saturated carbocycles. The van der Waals surface area contributed by atoms with Crippen LogP contribution in [0.2, 0.25) is 0 Å². The third kappa shape index (κ3) is 15.3. The Kier molecular flexibility index (Phi) is 17.2. The fraction of sp³-hybridized carbons (Fsp3) is 0.523. The molecule has 3 aromatic rings. The van der Waals surface area contributed by atoms with Crippen LogP contribution in [0.3, 0.4) is 0 Å². The van der Waals surface area contributed by atoms with E-state index in [9.17, 15) is 28.8 Å². The lowest BCUT2D eigenvalue weighted by Crippen LogP contribution is -2.59. The lowest BCUT2D eigenvalue weighted by atomic mass is 9.93. The van der Waals surface area contributed by atoms with Crippen LogP contribution in [-0.4, -0.2) is 96.0 Å². The van der Waals surface area contributed by atoms with E-state index in [2.05, 4.69) is 26.4 Å². The van der Waals surface area contributed by atoms with Crippen molar-refractivity contribution < 1.29 is 42.8 Å². The van der Waals surface area contributed by atoms with Gasteiger partial charge in [0.25, 0.3) is 0 Å². The molecule has 2 heterocycles. The molecular weight excluding hydrogens is 757 g/mol. The van der Waals surface area contributed by atoms with Crippen molar-refractivity contribution in [3.63, 3.8) is 0 Å². The van der Waals surface area contributed by atoms with Gasteiger partial charge in [0, 0.05) is 26.6 Å². The molecular formula is C44H60N6O9. The van der Waals surface area contributed by atoms with Crippen molar-refractivity contribution in [2.45, 2.75) is 116 Å². The number of epoxide rings is 1. The number of hydrogen-bond donors (Lipinski definition) is 4. The van der Waals surface area contributed by atoms with Gasteiger partial charge in [-0.15, -0.1) is 0 Å². The molecule has 0 radical (unpaired) electrons. The van der Waals surface area contributed by atoms with Crippen LogP contribution in [0, 0.1) is 11.8 Å². The first kappa shape index (κ1) is 46.1. The maximum atomic E-state index is 14.2. The monoisotopic (exact) mass is 816 g/mol. The van der Waals surface area contributed by atoms with Crippen LogP contribution in [0.4, 0.5) is 4.79 Å². The average Bonchev–Trinajstić information content (AvgIpc) is 3.80. The topological polar surface area (TPSA) is 202 Å². The fourth-order valence-electron chi connectivity index (χ4n) is 6.37. The Morgan fingerprint density at radius 2 is 1.31 bits per heavy atom. The molecule has 0 aliphatic carbocycles. The zero-order valence-electron chi connectivity index (χ0n) is 35.2. The lowest BCUT2D eigenvalue weighted by molar-refractivity contribution is -0.135. The number of rotatable bonds is 23. The molecule has 320 valence electrons. The summed E-state index contributed by atoms with van der Waals surface area (Å²) in [7, 11) is 3.09. The van der Waals surface area contributed by atoms with Gasteiger partial charge in [-0.25, -0.2) is 4.79 Å². The van der Waals surface area contributed by atoms with Crippen molar-refractivity contribution in [3.8, 4) is 0 Å². The zero-order chi connectivity index (χ0) is 43.1. The normalized spacial score (nSPS) is 16.6. The predicted octanol–water partition coefficient (Wildman–Crippen LogP) is 4.07. The third-order valence-corrected chi connectivity index (χ3v) is 9.89. The quantitative estimate of drug-likeness (QED) is 0.101. The number of aryl methyl sites for hydroxylation is 1. The van der Waals surface area contributed by atoms with Crippen LogP contribution >= 0.6 is 0 Å². The highest BCUT2D eigenvalue weighted by Crippen LogP contribution is 2.29. The van der Waals surface area contributed by atoms with Crippen LogP contribution in [-0.2, 0) is 59.3 Å². The number of Topliss-reactive ketones (excluding diaryl/α,β-unsaturated/α-hetero) is 1. The maximum Gasteiger partial charge on any atom is 0.409 e. The van der Waals surface area contributed by atoms with Crippen LogP contribution in [0.25, 0.3) is 0 Å². The fourth-order valence-corrected chi connectivity index (χ4v) is 6.37. The van der Waals surface area contributed by atoms with Crippen LogP contribution in [0.1, 0.15) is 82.9 Å². The summed E-state index contributed by atoms with van der Waals surface area (Å²) in [5.41, 5.74) is 1.06. The molecule has 0 spiro atoms. The Balaban J connectivity index is 1.52. The van der Waals surface area contributed by atoms with Crippen LogP contribution < -0.4 is 21.3 Å². The van der Waals surface area contributed by atoms with Crippen molar-refractivity contribution >= 4 is 35.5 Å². The average molecular weight is 817 g/mol. The Hall–Kier alpha value is -5.57. The molecule has 15 nitrogen and oxygen atoms in total. The van der Waals surface area contributed by atoms with Gasteiger partial charge in [0.15, 0.2) is 18.2 Å². The number of ether oxygens (including phenoxy) is 2. The van der Waals surface area contributed by atoms with Gasteiger partial charge in [0.2, 0.25) is 23.6 Å². The number of carbonyl (C=O) groups excluding carboxylic acids is 6. The second kappa shape index (κ2) is 22.0. The van der Waals surface area contributed by atoms with E-state index < -0.39 is 59.5 Å². The minimum Gasteiger partial charge on any atom is -0.441 e.